The van der Waals surface area contributed by atoms with Gasteiger partial charge in [0.05, 0.1) is 5.02 Å². The van der Waals surface area contributed by atoms with Gasteiger partial charge in [-0.3, -0.25) is 0 Å². The monoisotopic (exact) mass is 289 g/mol. The minimum atomic E-state index is -0.225. The van der Waals surface area contributed by atoms with E-state index in [-0.39, 0.29) is 5.82 Å². The molecule has 0 aliphatic carbocycles. The maximum absolute atomic E-state index is 13.6. The van der Waals surface area contributed by atoms with Gasteiger partial charge in [-0.25, -0.2) is 4.39 Å². The van der Waals surface area contributed by atoms with Gasteiger partial charge in [-0.1, -0.05) is 23.7 Å². The molecule has 0 bridgehead atoms. The SMILES string of the molecule is CNCc1cc(-c2cc3cccc(Cl)c3o2)ccc1F. The molecule has 0 saturated carbocycles. The Morgan fingerprint density at radius 3 is 2.80 bits per heavy atom. The van der Waals surface area contributed by atoms with E-state index in [2.05, 4.69) is 5.32 Å². The molecule has 2 aromatic carbocycles. The van der Waals surface area contributed by atoms with Crippen molar-refractivity contribution in [1.82, 2.24) is 5.32 Å². The molecule has 0 fully saturated rings. The Morgan fingerprint density at radius 1 is 1.20 bits per heavy atom. The van der Waals surface area contributed by atoms with Gasteiger partial charge >= 0.3 is 0 Å². The van der Waals surface area contributed by atoms with Gasteiger partial charge in [-0.05, 0) is 37.4 Å². The molecule has 0 unspecified atom stereocenters. The van der Waals surface area contributed by atoms with Gasteiger partial charge in [0.25, 0.3) is 0 Å². The smallest absolute Gasteiger partial charge is 0.153 e. The summed E-state index contributed by atoms with van der Waals surface area (Å²) in [4.78, 5) is 0. The van der Waals surface area contributed by atoms with Gasteiger partial charge in [-0.15, -0.1) is 0 Å². The molecule has 0 atom stereocenters. The van der Waals surface area contributed by atoms with Crippen molar-refractivity contribution >= 4 is 22.6 Å². The number of fused-ring (bicyclic) bond motifs is 1. The fourth-order valence-corrected chi connectivity index (χ4v) is 2.44. The average Bonchev–Trinajstić information content (AvgIpc) is 2.87. The van der Waals surface area contributed by atoms with Crippen LogP contribution in [0.1, 0.15) is 5.56 Å². The fourth-order valence-electron chi connectivity index (χ4n) is 2.22. The Kier molecular flexibility index (Phi) is 3.47. The van der Waals surface area contributed by atoms with Crippen LogP contribution in [0.4, 0.5) is 4.39 Å². The van der Waals surface area contributed by atoms with Crippen LogP contribution in [-0.2, 0) is 6.54 Å². The number of rotatable bonds is 3. The number of hydrogen-bond donors (Lipinski definition) is 1. The summed E-state index contributed by atoms with van der Waals surface area (Å²) < 4.78 is 19.4. The minimum Gasteiger partial charge on any atom is -0.455 e. The topological polar surface area (TPSA) is 25.2 Å². The summed E-state index contributed by atoms with van der Waals surface area (Å²) in [5.74, 6) is 0.461. The molecule has 0 spiro atoms. The first kappa shape index (κ1) is 13.2. The summed E-state index contributed by atoms with van der Waals surface area (Å²) in [5.41, 5.74) is 2.10. The van der Waals surface area contributed by atoms with E-state index in [9.17, 15) is 4.39 Å². The van der Waals surface area contributed by atoms with Gasteiger partial charge in [0.1, 0.15) is 11.6 Å². The lowest BCUT2D eigenvalue weighted by atomic mass is 10.1. The summed E-state index contributed by atoms with van der Waals surface area (Å²) in [7, 11) is 1.78. The third-order valence-corrected chi connectivity index (χ3v) is 3.49. The number of halogens is 2. The second-order valence-corrected chi connectivity index (χ2v) is 5.01. The highest BCUT2D eigenvalue weighted by Crippen LogP contribution is 2.32. The first-order chi connectivity index (χ1) is 9.69. The molecular weight excluding hydrogens is 277 g/mol. The summed E-state index contributed by atoms with van der Waals surface area (Å²) in [6, 6.07) is 12.5. The molecule has 2 nitrogen and oxygen atoms in total. The maximum atomic E-state index is 13.6. The number of hydrogen-bond acceptors (Lipinski definition) is 2. The van der Waals surface area contributed by atoms with E-state index in [1.807, 2.05) is 18.2 Å². The highest BCUT2D eigenvalue weighted by molar-refractivity contribution is 6.34. The Hall–Kier alpha value is -1.84. The van der Waals surface area contributed by atoms with Crippen molar-refractivity contribution in [3.05, 3.63) is 58.9 Å². The van der Waals surface area contributed by atoms with Gasteiger partial charge in [0.2, 0.25) is 0 Å². The Balaban J connectivity index is 2.11. The normalized spacial score (nSPS) is 11.2. The van der Waals surface area contributed by atoms with Crippen LogP contribution >= 0.6 is 11.6 Å². The molecule has 0 aliphatic heterocycles. The first-order valence-electron chi connectivity index (χ1n) is 6.30. The molecule has 20 heavy (non-hydrogen) atoms. The highest BCUT2D eigenvalue weighted by atomic mass is 35.5. The zero-order valence-electron chi connectivity index (χ0n) is 10.9. The van der Waals surface area contributed by atoms with Crippen LogP contribution in [0, 0.1) is 5.82 Å². The summed E-state index contributed by atoms with van der Waals surface area (Å²) in [6.07, 6.45) is 0. The van der Waals surface area contributed by atoms with Crippen LogP contribution in [0.15, 0.2) is 46.9 Å². The van der Waals surface area contributed by atoms with Crippen molar-refractivity contribution in [2.24, 2.45) is 0 Å². The molecule has 4 heteroatoms. The lowest BCUT2D eigenvalue weighted by Gasteiger charge is -2.04. The molecular formula is C16H13ClFNO. The first-order valence-corrected chi connectivity index (χ1v) is 6.68. The third-order valence-electron chi connectivity index (χ3n) is 3.19. The van der Waals surface area contributed by atoms with Crippen molar-refractivity contribution in [2.45, 2.75) is 6.54 Å². The molecule has 0 amide bonds. The van der Waals surface area contributed by atoms with Crippen molar-refractivity contribution < 1.29 is 8.81 Å². The molecule has 1 heterocycles. The molecule has 1 aromatic heterocycles. The van der Waals surface area contributed by atoms with E-state index in [4.69, 9.17) is 16.0 Å². The van der Waals surface area contributed by atoms with E-state index < -0.39 is 0 Å². The van der Waals surface area contributed by atoms with Crippen LogP contribution in [0.2, 0.25) is 5.02 Å². The van der Waals surface area contributed by atoms with E-state index in [1.165, 1.54) is 6.07 Å². The van der Waals surface area contributed by atoms with E-state index in [1.54, 1.807) is 25.2 Å². The van der Waals surface area contributed by atoms with Gasteiger partial charge in [-0.2, -0.15) is 0 Å². The number of nitrogens with one attached hydrogen (secondary N) is 1. The van der Waals surface area contributed by atoms with Crippen LogP contribution in [0.25, 0.3) is 22.3 Å². The maximum Gasteiger partial charge on any atom is 0.153 e. The molecule has 3 aromatic rings. The van der Waals surface area contributed by atoms with Gasteiger partial charge in [0, 0.05) is 23.1 Å². The van der Waals surface area contributed by atoms with Crippen molar-refractivity contribution in [1.29, 1.82) is 0 Å². The van der Waals surface area contributed by atoms with Crippen molar-refractivity contribution in [3.63, 3.8) is 0 Å². The van der Waals surface area contributed by atoms with Crippen LogP contribution in [-0.4, -0.2) is 7.05 Å². The van der Waals surface area contributed by atoms with Crippen LogP contribution in [0.5, 0.6) is 0 Å². The zero-order valence-corrected chi connectivity index (χ0v) is 11.7. The fraction of sp³-hybridized carbons (Fsp3) is 0.125. The van der Waals surface area contributed by atoms with Crippen molar-refractivity contribution in [2.75, 3.05) is 7.05 Å². The number of benzene rings is 2. The lowest BCUT2D eigenvalue weighted by molar-refractivity contribution is 0.599. The Labute approximate surface area is 121 Å². The minimum absolute atomic E-state index is 0.225. The van der Waals surface area contributed by atoms with Crippen LogP contribution < -0.4 is 5.32 Å². The van der Waals surface area contributed by atoms with Crippen LogP contribution in [0.3, 0.4) is 0 Å². The number of furan rings is 1. The standard InChI is InChI=1S/C16H13ClFNO/c1-19-9-12-7-10(5-6-14(12)18)15-8-11-3-2-4-13(17)16(11)20-15/h2-8,19H,9H2,1H3. The molecule has 3 rings (SSSR count). The Bertz CT molecular complexity index is 766. The summed E-state index contributed by atoms with van der Waals surface area (Å²) >= 11 is 6.10. The van der Waals surface area contributed by atoms with E-state index in [0.29, 0.717) is 28.5 Å². The highest BCUT2D eigenvalue weighted by Gasteiger charge is 2.10. The third kappa shape index (κ3) is 2.30. The predicted molar refractivity (Wildman–Crippen MR) is 79.4 cm³/mol. The van der Waals surface area contributed by atoms with Gasteiger partial charge < -0.3 is 9.73 Å². The van der Waals surface area contributed by atoms with Crippen molar-refractivity contribution in [3.8, 4) is 11.3 Å². The largest absolute Gasteiger partial charge is 0.455 e. The second kappa shape index (κ2) is 5.27. The molecule has 1 N–H and O–H groups in total. The quantitative estimate of drug-likeness (QED) is 0.761. The zero-order chi connectivity index (χ0) is 14.1. The van der Waals surface area contributed by atoms with E-state index in [0.717, 1.165) is 10.9 Å². The molecule has 0 saturated heterocycles. The lowest BCUT2D eigenvalue weighted by Crippen LogP contribution is -2.06. The molecule has 0 radical (unpaired) electrons. The molecule has 102 valence electrons. The average molecular weight is 290 g/mol. The molecule has 0 aliphatic rings. The Morgan fingerprint density at radius 2 is 2.05 bits per heavy atom. The second-order valence-electron chi connectivity index (χ2n) is 4.61. The predicted octanol–water partition coefficient (Wildman–Crippen LogP) is 4.61. The van der Waals surface area contributed by atoms with E-state index >= 15 is 0 Å². The summed E-state index contributed by atoms with van der Waals surface area (Å²) in [5, 5.41) is 4.46. The number of para-hydroxylation sites is 1. The summed E-state index contributed by atoms with van der Waals surface area (Å²) in [6.45, 7) is 0.473. The van der Waals surface area contributed by atoms with Gasteiger partial charge in [0.15, 0.2) is 5.58 Å².